The monoisotopic (exact) mass is 352 g/mol. The molecule has 0 unspecified atom stereocenters. The van der Waals surface area contributed by atoms with Crippen molar-refractivity contribution >= 4 is 18.3 Å². The molecule has 24 heavy (non-hydrogen) atoms. The molecule has 2 fully saturated rings. The summed E-state index contributed by atoms with van der Waals surface area (Å²) >= 11 is 0. The van der Waals surface area contributed by atoms with E-state index in [9.17, 15) is 4.79 Å². The van der Waals surface area contributed by atoms with E-state index in [1.807, 2.05) is 18.7 Å². The third kappa shape index (κ3) is 4.04. The molecule has 0 radical (unpaired) electrons. The first-order valence-electron chi connectivity index (χ1n) is 8.68. The van der Waals surface area contributed by atoms with Crippen molar-refractivity contribution in [2.24, 2.45) is 5.41 Å². The molecular weight excluding hydrogens is 324 g/mol. The number of ether oxygens (including phenoxy) is 1. The number of aryl methyl sites for hydroxylation is 3. The van der Waals surface area contributed by atoms with E-state index >= 15 is 0 Å². The van der Waals surface area contributed by atoms with Crippen molar-refractivity contribution < 1.29 is 9.53 Å². The van der Waals surface area contributed by atoms with Crippen molar-refractivity contribution in [2.45, 2.75) is 40.0 Å². The van der Waals surface area contributed by atoms with Crippen molar-refractivity contribution in [3.05, 3.63) is 28.8 Å². The van der Waals surface area contributed by atoms with Gasteiger partial charge < -0.3 is 15.0 Å². The number of nitrogens with zero attached hydrogens (tertiary/aromatic N) is 1. The molecule has 1 aromatic carbocycles. The fraction of sp³-hybridized carbons (Fsp3) is 0.632. The van der Waals surface area contributed by atoms with E-state index in [1.165, 1.54) is 12.0 Å². The first-order chi connectivity index (χ1) is 11.0. The van der Waals surface area contributed by atoms with Gasteiger partial charge in [0.15, 0.2) is 6.61 Å². The van der Waals surface area contributed by atoms with Crippen LogP contribution in [0.2, 0.25) is 0 Å². The minimum absolute atomic E-state index is 0. The van der Waals surface area contributed by atoms with Crippen LogP contribution in [0.4, 0.5) is 0 Å². The van der Waals surface area contributed by atoms with Gasteiger partial charge in [-0.15, -0.1) is 12.4 Å². The van der Waals surface area contributed by atoms with Gasteiger partial charge in [0.25, 0.3) is 5.91 Å². The Morgan fingerprint density at radius 3 is 2.33 bits per heavy atom. The quantitative estimate of drug-likeness (QED) is 0.909. The molecule has 1 aromatic rings. The minimum atomic E-state index is 0. The summed E-state index contributed by atoms with van der Waals surface area (Å²) in [5, 5.41) is 3.46. The van der Waals surface area contributed by atoms with Crippen molar-refractivity contribution in [2.75, 3.05) is 32.8 Å². The topological polar surface area (TPSA) is 41.6 Å². The van der Waals surface area contributed by atoms with E-state index in [2.05, 4.69) is 24.4 Å². The van der Waals surface area contributed by atoms with Gasteiger partial charge in [0.2, 0.25) is 0 Å². The molecule has 5 heteroatoms. The summed E-state index contributed by atoms with van der Waals surface area (Å²) in [6.07, 6.45) is 3.50. The van der Waals surface area contributed by atoms with Crippen LogP contribution >= 0.6 is 12.4 Å². The number of hydrogen-bond acceptors (Lipinski definition) is 3. The predicted octanol–water partition coefficient (Wildman–Crippen LogP) is 3.01. The van der Waals surface area contributed by atoms with E-state index in [0.717, 1.165) is 55.9 Å². The molecule has 2 saturated heterocycles. The van der Waals surface area contributed by atoms with E-state index < -0.39 is 0 Å². The molecule has 134 valence electrons. The predicted molar refractivity (Wildman–Crippen MR) is 99.1 cm³/mol. The molecule has 2 aliphatic rings. The van der Waals surface area contributed by atoms with E-state index in [-0.39, 0.29) is 24.9 Å². The Kier molecular flexibility index (Phi) is 6.16. The molecule has 1 spiro atoms. The Balaban J connectivity index is 0.00000208. The van der Waals surface area contributed by atoms with Gasteiger partial charge in [-0.1, -0.05) is 17.7 Å². The number of likely N-dealkylation sites (tertiary alicyclic amines) is 1. The Morgan fingerprint density at radius 1 is 1.17 bits per heavy atom. The van der Waals surface area contributed by atoms with E-state index in [0.29, 0.717) is 5.41 Å². The molecule has 1 N–H and O–H groups in total. The molecule has 2 aliphatic heterocycles. The lowest BCUT2D eigenvalue weighted by atomic mass is 9.78. The molecule has 0 aromatic heterocycles. The highest BCUT2D eigenvalue weighted by Gasteiger charge is 2.38. The standard InChI is InChI=1S/C19H28N2O2.ClH/c1-14-10-15(2)18(16(3)11-14)23-12-17(22)21-8-5-19(6-9-21)4-7-20-13-19;/h10-11,20H,4-9,12-13H2,1-3H3;1H. The second kappa shape index (κ2) is 7.75. The van der Waals surface area contributed by atoms with Crippen molar-refractivity contribution in [3.63, 3.8) is 0 Å². The van der Waals surface area contributed by atoms with Crippen LogP contribution in [0.1, 0.15) is 36.0 Å². The lowest BCUT2D eigenvalue weighted by Crippen LogP contribution is -2.45. The van der Waals surface area contributed by atoms with Crippen LogP contribution in [0.5, 0.6) is 5.75 Å². The molecule has 2 heterocycles. The van der Waals surface area contributed by atoms with Gasteiger partial charge in [-0.05, 0) is 63.1 Å². The molecule has 1 amide bonds. The Bertz CT molecular complexity index is 564. The second-order valence-corrected chi connectivity index (χ2v) is 7.32. The highest BCUT2D eigenvalue weighted by molar-refractivity contribution is 5.85. The highest BCUT2D eigenvalue weighted by atomic mass is 35.5. The Hall–Kier alpha value is -1.26. The number of benzene rings is 1. The van der Waals surface area contributed by atoms with Crippen molar-refractivity contribution in [3.8, 4) is 5.75 Å². The number of piperidine rings is 1. The van der Waals surface area contributed by atoms with E-state index in [4.69, 9.17) is 4.74 Å². The van der Waals surface area contributed by atoms with Crippen LogP contribution in [-0.2, 0) is 4.79 Å². The van der Waals surface area contributed by atoms with Crippen LogP contribution in [0, 0.1) is 26.2 Å². The lowest BCUT2D eigenvalue weighted by molar-refractivity contribution is -0.135. The maximum atomic E-state index is 12.4. The fourth-order valence-corrected chi connectivity index (χ4v) is 4.07. The fourth-order valence-electron chi connectivity index (χ4n) is 4.07. The smallest absolute Gasteiger partial charge is 0.260 e. The zero-order valence-corrected chi connectivity index (χ0v) is 15.8. The SMILES string of the molecule is Cc1cc(C)c(OCC(=O)N2CCC3(CCNC3)CC2)c(C)c1.Cl. The largest absolute Gasteiger partial charge is 0.483 e. The maximum Gasteiger partial charge on any atom is 0.260 e. The molecule has 0 atom stereocenters. The molecule has 3 rings (SSSR count). The number of carbonyl (C=O) groups excluding carboxylic acids is 1. The van der Waals surface area contributed by atoms with Crippen LogP contribution in [0.3, 0.4) is 0 Å². The molecule has 0 saturated carbocycles. The Labute approximate surface area is 151 Å². The van der Waals surface area contributed by atoms with Gasteiger partial charge in [0, 0.05) is 19.6 Å². The van der Waals surface area contributed by atoms with Gasteiger partial charge in [0.1, 0.15) is 5.75 Å². The summed E-state index contributed by atoms with van der Waals surface area (Å²) in [4.78, 5) is 14.4. The lowest BCUT2D eigenvalue weighted by Gasteiger charge is -2.38. The van der Waals surface area contributed by atoms with Gasteiger partial charge >= 0.3 is 0 Å². The molecule has 4 nitrogen and oxygen atoms in total. The van der Waals surface area contributed by atoms with Crippen molar-refractivity contribution in [1.82, 2.24) is 10.2 Å². The van der Waals surface area contributed by atoms with Crippen LogP contribution in [0.15, 0.2) is 12.1 Å². The summed E-state index contributed by atoms with van der Waals surface area (Å²) < 4.78 is 5.85. The Morgan fingerprint density at radius 2 is 1.79 bits per heavy atom. The number of amides is 1. The molecular formula is C19H29ClN2O2. The second-order valence-electron chi connectivity index (χ2n) is 7.32. The third-order valence-electron chi connectivity index (χ3n) is 5.45. The summed E-state index contributed by atoms with van der Waals surface area (Å²) in [5.41, 5.74) is 3.88. The first kappa shape index (κ1) is 19.1. The van der Waals surface area contributed by atoms with E-state index in [1.54, 1.807) is 0 Å². The maximum absolute atomic E-state index is 12.4. The summed E-state index contributed by atoms with van der Waals surface area (Å²) in [7, 11) is 0. The minimum Gasteiger partial charge on any atom is -0.483 e. The normalized spacial score (nSPS) is 19.2. The number of nitrogens with one attached hydrogen (secondary N) is 1. The third-order valence-corrected chi connectivity index (χ3v) is 5.45. The average molecular weight is 353 g/mol. The van der Waals surface area contributed by atoms with Crippen LogP contribution < -0.4 is 10.1 Å². The number of halogens is 1. The summed E-state index contributed by atoms with van der Waals surface area (Å²) in [6, 6.07) is 4.20. The summed E-state index contributed by atoms with van der Waals surface area (Å²) in [5.74, 6) is 0.975. The first-order valence-corrected chi connectivity index (χ1v) is 8.68. The van der Waals surface area contributed by atoms with Crippen LogP contribution in [-0.4, -0.2) is 43.6 Å². The molecule has 0 aliphatic carbocycles. The zero-order chi connectivity index (χ0) is 16.4. The van der Waals surface area contributed by atoms with Gasteiger partial charge in [0.05, 0.1) is 0 Å². The van der Waals surface area contributed by atoms with Crippen LogP contribution in [0.25, 0.3) is 0 Å². The summed E-state index contributed by atoms with van der Waals surface area (Å²) in [6.45, 7) is 10.3. The number of hydrogen-bond donors (Lipinski definition) is 1. The zero-order valence-electron chi connectivity index (χ0n) is 15.0. The number of rotatable bonds is 3. The van der Waals surface area contributed by atoms with Crippen molar-refractivity contribution in [1.29, 1.82) is 0 Å². The van der Waals surface area contributed by atoms with Gasteiger partial charge in [-0.25, -0.2) is 0 Å². The molecule has 0 bridgehead atoms. The average Bonchev–Trinajstić information content (AvgIpc) is 2.95. The van der Waals surface area contributed by atoms with Gasteiger partial charge in [-0.3, -0.25) is 4.79 Å². The highest BCUT2D eigenvalue weighted by Crippen LogP contribution is 2.36. The van der Waals surface area contributed by atoms with Gasteiger partial charge in [-0.2, -0.15) is 0 Å². The number of carbonyl (C=O) groups is 1.